The molecular weight excluding hydrogens is 566 g/mol. The van der Waals surface area contributed by atoms with Crippen molar-refractivity contribution < 1.29 is 32.4 Å². The summed E-state index contributed by atoms with van der Waals surface area (Å²) in [6, 6.07) is 3.93. The minimum atomic E-state index is -3.91. The van der Waals surface area contributed by atoms with E-state index in [1.54, 1.807) is 55.5 Å². The molecule has 4 rings (SSSR count). The number of aliphatic hydroxyl groups is 1. The highest BCUT2D eigenvalue weighted by Gasteiger charge is 2.34. The average Bonchev–Trinajstić information content (AvgIpc) is 3.53. The molecule has 0 spiro atoms. The number of anilines is 2. The van der Waals surface area contributed by atoms with Crippen molar-refractivity contribution in [2.75, 3.05) is 37.4 Å². The van der Waals surface area contributed by atoms with E-state index in [1.165, 1.54) is 23.9 Å². The van der Waals surface area contributed by atoms with Crippen LogP contribution >= 0.6 is 0 Å². The maximum atomic E-state index is 13.4. The highest BCUT2D eigenvalue weighted by atomic mass is 32.2. The quantitative estimate of drug-likeness (QED) is 0.349. The number of amides is 3. The number of aliphatic hydroxyl groups excluding tert-OH is 1. The second kappa shape index (κ2) is 12.5. The number of carbonyl (C=O) groups is 2. The molecule has 1 aliphatic rings. The summed E-state index contributed by atoms with van der Waals surface area (Å²) in [5, 5.41) is 19.1. The second-order valence-corrected chi connectivity index (χ2v) is 12.6. The summed E-state index contributed by atoms with van der Waals surface area (Å²) in [5.41, 5.74) is 1.91. The molecule has 3 aromatic rings. The van der Waals surface area contributed by atoms with Crippen LogP contribution in [-0.4, -0.2) is 88.3 Å². The van der Waals surface area contributed by atoms with Gasteiger partial charge in [0.25, 0.3) is 10.0 Å². The fourth-order valence-electron chi connectivity index (χ4n) is 4.70. The van der Waals surface area contributed by atoms with Crippen molar-refractivity contribution in [3.05, 3.63) is 47.7 Å². The summed E-state index contributed by atoms with van der Waals surface area (Å²) < 4.78 is 40.6. The van der Waals surface area contributed by atoms with E-state index in [2.05, 4.69) is 20.8 Å². The summed E-state index contributed by atoms with van der Waals surface area (Å²) in [5.74, 6) is 0.304. The highest BCUT2D eigenvalue weighted by Crippen LogP contribution is 2.30. The van der Waals surface area contributed by atoms with Crippen LogP contribution in [0.2, 0.25) is 0 Å². The molecule has 2 aromatic heterocycles. The number of nitrogens with one attached hydrogen (secondary N) is 2. The molecule has 0 unspecified atom stereocenters. The average molecular weight is 604 g/mol. The van der Waals surface area contributed by atoms with Crippen molar-refractivity contribution in [1.29, 1.82) is 0 Å². The van der Waals surface area contributed by atoms with Gasteiger partial charge >= 0.3 is 6.03 Å². The number of aromatic nitrogens is 3. The number of nitrogens with zero attached hydrogens (tertiary/aromatic N) is 5. The molecule has 3 heterocycles. The molecule has 1 aromatic carbocycles. The van der Waals surface area contributed by atoms with E-state index in [9.17, 15) is 23.1 Å². The Hall–Kier alpha value is -3.95. The van der Waals surface area contributed by atoms with Gasteiger partial charge in [-0.15, -0.1) is 0 Å². The lowest BCUT2D eigenvalue weighted by molar-refractivity contribution is -0.134. The Morgan fingerprint density at radius 1 is 1.29 bits per heavy atom. The molecule has 1 aliphatic heterocycles. The summed E-state index contributed by atoms with van der Waals surface area (Å²) in [4.78, 5) is 31.7. The first-order chi connectivity index (χ1) is 19.8. The molecule has 0 saturated carbocycles. The zero-order chi connectivity index (χ0) is 30.8. The number of aryl methyl sites for hydroxylation is 3. The van der Waals surface area contributed by atoms with Crippen LogP contribution in [-0.2, 0) is 28.3 Å². The molecule has 3 N–H and O–H groups in total. The highest BCUT2D eigenvalue weighted by molar-refractivity contribution is 7.89. The summed E-state index contributed by atoms with van der Waals surface area (Å²) in [6.45, 7) is 6.98. The van der Waals surface area contributed by atoms with Crippen LogP contribution < -0.4 is 15.4 Å². The van der Waals surface area contributed by atoms with Crippen molar-refractivity contribution >= 4 is 33.3 Å². The Morgan fingerprint density at radius 2 is 2.02 bits per heavy atom. The van der Waals surface area contributed by atoms with Crippen molar-refractivity contribution in [3.63, 3.8) is 0 Å². The van der Waals surface area contributed by atoms with Gasteiger partial charge in [0.1, 0.15) is 23.2 Å². The number of ether oxygens (including phenoxy) is 1. The molecule has 228 valence electrons. The molecule has 3 atom stereocenters. The van der Waals surface area contributed by atoms with Gasteiger partial charge in [-0.1, -0.05) is 12.1 Å². The maximum absolute atomic E-state index is 13.4. The third-order valence-electron chi connectivity index (χ3n) is 7.24. The van der Waals surface area contributed by atoms with Gasteiger partial charge in [0, 0.05) is 44.0 Å². The lowest BCUT2D eigenvalue weighted by Gasteiger charge is -2.33. The van der Waals surface area contributed by atoms with Crippen LogP contribution in [0.1, 0.15) is 30.9 Å². The number of fused-ring (bicyclic) bond motifs is 1. The van der Waals surface area contributed by atoms with E-state index in [1.807, 2.05) is 6.92 Å². The summed E-state index contributed by atoms with van der Waals surface area (Å²) in [6.07, 6.45) is 2.13. The van der Waals surface area contributed by atoms with Crippen molar-refractivity contribution in [3.8, 4) is 5.75 Å². The number of likely N-dealkylation sites (N-methyl/N-ethyl adjacent to an activating group) is 1. The van der Waals surface area contributed by atoms with E-state index in [-0.39, 0.29) is 43.0 Å². The Labute approximate surface area is 244 Å². The number of rotatable bonds is 8. The van der Waals surface area contributed by atoms with E-state index >= 15 is 0 Å². The first-order valence-corrected chi connectivity index (χ1v) is 14.9. The van der Waals surface area contributed by atoms with Gasteiger partial charge in [0.2, 0.25) is 5.91 Å². The third kappa shape index (κ3) is 6.74. The Bertz CT molecular complexity index is 1530. The van der Waals surface area contributed by atoms with Gasteiger partial charge in [0.05, 0.1) is 31.9 Å². The number of hydrogen-bond donors (Lipinski definition) is 3. The SMILES string of the molecule is Cc1noc(C)c1NC(=O)Nc1ccc2c(c1)CC(=O)N([C@@H](C)CO)C[C@H](C)[C@@H](CN(C)S(=O)(=O)c1cn(C)cn1)O2. The van der Waals surface area contributed by atoms with Crippen LogP contribution in [0.25, 0.3) is 0 Å². The third-order valence-corrected chi connectivity index (χ3v) is 8.95. The molecule has 0 radical (unpaired) electrons. The topological polar surface area (TPSA) is 172 Å². The zero-order valence-corrected chi connectivity index (χ0v) is 25.3. The van der Waals surface area contributed by atoms with Gasteiger partial charge in [-0.3, -0.25) is 4.79 Å². The van der Waals surface area contributed by atoms with E-state index in [4.69, 9.17) is 9.26 Å². The Balaban J connectivity index is 1.62. The van der Waals surface area contributed by atoms with Crippen LogP contribution in [0.3, 0.4) is 0 Å². The van der Waals surface area contributed by atoms with Crippen LogP contribution in [0, 0.1) is 19.8 Å². The van der Waals surface area contributed by atoms with Crippen molar-refractivity contribution in [1.82, 2.24) is 23.9 Å². The molecule has 0 bridgehead atoms. The molecule has 3 amide bonds. The van der Waals surface area contributed by atoms with E-state index in [0.717, 1.165) is 0 Å². The number of carbonyl (C=O) groups excluding carboxylic acids is 2. The molecule has 42 heavy (non-hydrogen) atoms. The predicted molar refractivity (Wildman–Crippen MR) is 154 cm³/mol. The Kier molecular flexibility index (Phi) is 9.23. The standard InChI is InChI=1S/C27H37N7O7S/c1-16-11-34(17(2)14-35)25(36)10-20-9-21(29-27(37)30-26-18(3)31-41-19(26)4)7-8-22(20)40-23(16)12-33(6)42(38,39)24-13-32(5)15-28-24/h7-9,13,15-17,23,35H,10-12,14H2,1-6H3,(H2,29,30,37)/t16-,17-,23+/m0/s1. The molecule has 0 saturated heterocycles. The number of urea groups is 1. The largest absolute Gasteiger partial charge is 0.488 e. The summed E-state index contributed by atoms with van der Waals surface area (Å²) in [7, 11) is -0.766. The number of benzene rings is 1. The second-order valence-electron chi connectivity index (χ2n) is 10.7. The minimum Gasteiger partial charge on any atom is -0.488 e. The smallest absolute Gasteiger partial charge is 0.323 e. The Morgan fingerprint density at radius 3 is 2.64 bits per heavy atom. The first-order valence-electron chi connectivity index (χ1n) is 13.4. The molecule has 14 nitrogen and oxygen atoms in total. The fraction of sp³-hybridized carbons (Fsp3) is 0.481. The molecular formula is C27H37N7O7S. The monoisotopic (exact) mass is 603 g/mol. The lowest BCUT2D eigenvalue weighted by Crippen LogP contribution is -2.48. The first kappa shape index (κ1) is 31.0. The molecule has 0 aliphatic carbocycles. The van der Waals surface area contributed by atoms with Crippen LogP contribution in [0.5, 0.6) is 5.75 Å². The maximum Gasteiger partial charge on any atom is 0.323 e. The number of sulfonamides is 1. The van der Waals surface area contributed by atoms with E-state index in [0.29, 0.717) is 34.1 Å². The lowest BCUT2D eigenvalue weighted by atomic mass is 10.0. The van der Waals surface area contributed by atoms with Gasteiger partial charge in [-0.05, 0) is 39.0 Å². The number of hydrogen-bond acceptors (Lipinski definition) is 9. The summed E-state index contributed by atoms with van der Waals surface area (Å²) >= 11 is 0. The minimum absolute atomic E-state index is 0.0190. The molecule has 15 heteroatoms. The van der Waals surface area contributed by atoms with Gasteiger partial charge in [-0.25, -0.2) is 18.2 Å². The van der Waals surface area contributed by atoms with Crippen LogP contribution in [0.15, 0.2) is 40.3 Å². The van der Waals surface area contributed by atoms with Crippen molar-refractivity contribution in [2.45, 2.75) is 51.3 Å². The van der Waals surface area contributed by atoms with Gasteiger partial charge < -0.3 is 34.5 Å². The van der Waals surface area contributed by atoms with Gasteiger partial charge in [0.15, 0.2) is 10.8 Å². The normalized spacial score (nSPS) is 18.5. The number of imidazole rings is 1. The zero-order valence-electron chi connectivity index (χ0n) is 24.5. The molecule has 0 fully saturated rings. The van der Waals surface area contributed by atoms with Crippen molar-refractivity contribution in [2.24, 2.45) is 13.0 Å². The fourth-order valence-corrected chi connectivity index (χ4v) is 5.84. The predicted octanol–water partition coefficient (Wildman–Crippen LogP) is 2.14. The van der Waals surface area contributed by atoms with E-state index < -0.39 is 28.2 Å². The van der Waals surface area contributed by atoms with Crippen LogP contribution in [0.4, 0.5) is 16.2 Å². The van der Waals surface area contributed by atoms with Gasteiger partial charge in [-0.2, -0.15) is 4.31 Å².